The van der Waals surface area contributed by atoms with Crippen LogP contribution in [0, 0.1) is 0 Å². The van der Waals surface area contributed by atoms with E-state index in [1.165, 1.54) is 0 Å². The maximum atomic E-state index is 11.0. The Kier molecular flexibility index (Phi) is 1.67. The molecule has 0 saturated heterocycles. The molecule has 2 nitrogen and oxygen atoms in total. The van der Waals surface area contributed by atoms with Crippen molar-refractivity contribution in [3.63, 3.8) is 0 Å². The molecule has 0 radical (unpaired) electrons. The van der Waals surface area contributed by atoms with Crippen LogP contribution in [0.1, 0.15) is 6.42 Å². The number of hydrogen-bond acceptors (Lipinski definition) is 2. The molecule has 60 valence electrons. The summed E-state index contributed by atoms with van der Waals surface area (Å²) >= 11 is 0. The average Bonchev–Trinajstić information content (AvgIpc) is 2.28. The van der Waals surface area contributed by atoms with E-state index < -0.39 is 0 Å². The lowest BCUT2D eigenvalue weighted by molar-refractivity contribution is -0.114. The van der Waals surface area contributed by atoms with E-state index in [0.717, 1.165) is 11.1 Å². The first-order valence-electron chi connectivity index (χ1n) is 3.89. The van der Waals surface area contributed by atoms with Gasteiger partial charge in [-0.05, 0) is 29.4 Å². The highest BCUT2D eigenvalue weighted by Crippen LogP contribution is 2.19. The molecule has 0 atom stereocenters. The molecule has 0 saturated carbocycles. The Morgan fingerprint density at radius 2 is 1.92 bits per heavy atom. The van der Waals surface area contributed by atoms with Crippen molar-refractivity contribution >= 4 is 5.78 Å². The van der Waals surface area contributed by atoms with Crippen LogP contribution in [0.5, 0.6) is 0 Å². The van der Waals surface area contributed by atoms with Crippen molar-refractivity contribution in [3.05, 3.63) is 47.9 Å². The Morgan fingerprint density at radius 1 is 1.08 bits per heavy atom. The number of carbonyl (C=O) groups is 1. The number of ketones is 1. The molecule has 2 aliphatic rings. The zero-order chi connectivity index (χ0) is 8.39. The van der Waals surface area contributed by atoms with E-state index in [2.05, 4.69) is 5.32 Å². The van der Waals surface area contributed by atoms with Crippen LogP contribution in [-0.2, 0) is 4.79 Å². The van der Waals surface area contributed by atoms with Crippen LogP contribution < -0.4 is 5.32 Å². The second-order valence-corrected chi connectivity index (χ2v) is 2.79. The minimum Gasteiger partial charge on any atom is -0.368 e. The van der Waals surface area contributed by atoms with Gasteiger partial charge in [-0.2, -0.15) is 0 Å². The smallest absolute Gasteiger partial charge is 0.160 e. The molecule has 0 unspecified atom stereocenters. The summed E-state index contributed by atoms with van der Waals surface area (Å²) in [4.78, 5) is 11.0. The van der Waals surface area contributed by atoms with Crippen molar-refractivity contribution in [2.45, 2.75) is 6.42 Å². The first kappa shape index (κ1) is 7.10. The Hall–Kier alpha value is -1.57. The van der Waals surface area contributed by atoms with Gasteiger partial charge in [0.15, 0.2) is 5.78 Å². The van der Waals surface area contributed by atoms with E-state index in [4.69, 9.17) is 0 Å². The number of carbonyl (C=O) groups excluding carboxylic acids is 1. The summed E-state index contributed by atoms with van der Waals surface area (Å²) in [7, 11) is 0. The van der Waals surface area contributed by atoms with E-state index >= 15 is 0 Å². The molecule has 0 aromatic carbocycles. The van der Waals surface area contributed by atoms with Gasteiger partial charge in [0.1, 0.15) is 0 Å². The van der Waals surface area contributed by atoms with Crippen molar-refractivity contribution < 1.29 is 4.79 Å². The highest BCUT2D eigenvalue weighted by Gasteiger charge is 2.10. The average molecular weight is 159 g/mol. The quantitative estimate of drug-likeness (QED) is 0.579. The van der Waals surface area contributed by atoms with Gasteiger partial charge in [-0.15, -0.1) is 0 Å². The largest absolute Gasteiger partial charge is 0.368 e. The number of nitrogens with one attached hydrogen (secondary N) is 1. The van der Waals surface area contributed by atoms with E-state index in [9.17, 15) is 4.79 Å². The van der Waals surface area contributed by atoms with Crippen molar-refractivity contribution in [2.24, 2.45) is 0 Å². The minimum absolute atomic E-state index is 0.175. The van der Waals surface area contributed by atoms with Gasteiger partial charge in [0.2, 0.25) is 0 Å². The molecule has 12 heavy (non-hydrogen) atoms. The number of rotatable bonds is 0. The molecule has 1 aliphatic heterocycles. The molecular weight excluding hydrogens is 150 g/mol. The van der Waals surface area contributed by atoms with Crippen LogP contribution in [0.4, 0.5) is 0 Å². The summed E-state index contributed by atoms with van der Waals surface area (Å²) in [5.74, 6) is 0.175. The Labute approximate surface area is 71.0 Å². The highest BCUT2D eigenvalue weighted by molar-refractivity contribution is 5.94. The van der Waals surface area contributed by atoms with E-state index in [1.54, 1.807) is 6.08 Å². The van der Waals surface area contributed by atoms with Crippen molar-refractivity contribution in [2.75, 3.05) is 0 Å². The molecule has 0 amide bonds. The third-order valence-corrected chi connectivity index (χ3v) is 1.92. The molecule has 2 heteroatoms. The summed E-state index contributed by atoms with van der Waals surface area (Å²) in [6.07, 6.45) is 11.6. The van der Waals surface area contributed by atoms with Crippen LogP contribution in [0.2, 0.25) is 0 Å². The maximum Gasteiger partial charge on any atom is 0.160 e. The zero-order valence-corrected chi connectivity index (χ0v) is 6.58. The molecule has 0 aromatic heterocycles. The Balaban J connectivity index is 2.41. The molecule has 0 bridgehead atoms. The standard InChI is InChI=1S/C10H9NO/c12-10-2-1-8-3-5-11-6-4-9(8)7-10/h1-6,11H,7H2. The van der Waals surface area contributed by atoms with Gasteiger partial charge in [0, 0.05) is 18.8 Å². The van der Waals surface area contributed by atoms with Gasteiger partial charge in [0.05, 0.1) is 0 Å². The summed E-state index contributed by atoms with van der Waals surface area (Å²) in [5.41, 5.74) is 2.21. The van der Waals surface area contributed by atoms with Gasteiger partial charge >= 0.3 is 0 Å². The molecule has 2 rings (SSSR count). The van der Waals surface area contributed by atoms with Crippen LogP contribution in [0.25, 0.3) is 0 Å². The predicted molar refractivity (Wildman–Crippen MR) is 47.2 cm³/mol. The van der Waals surface area contributed by atoms with Crippen LogP contribution in [-0.4, -0.2) is 5.78 Å². The van der Waals surface area contributed by atoms with Gasteiger partial charge < -0.3 is 5.32 Å². The maximum absolute atomic E-state index is 11.0. The molecule has 0 aromatic rings. The third-order valence-electron chi connectivity index (χ3n) is 1.92. The fraction of sp³-hybridized carbons (Fsp3) is 0.100. The monoisotopic (exact) mass is 159 g/mol. The SMILES string of the molecule is O=C1C=CC2=C(C=CNC=C2)C1. The lowest BCUT2D eigenvalue weighted by atomic mass is 9.97. The summed E-state index contributed by atoms with van der Waals surface area (Å²) < 4.78 is 0. The molecule has 1 aliphatic carbocycles. The first-order chi connectivity index (χ1) is 5.86. The number of allylic oxidation sites excluding steroid dienone is 6. The van der Waals surface area contributed by atoms with Gasteiger partial charge in [-0.1, -0.05) is 6.08 Å². The Morgan fingerprint density at radius 3 is 2.83 bits per heavy atom. The lowest BCUT2D eigenvalue weighted by Gasteiger charge is -2.06. The van der Waals surface area contributed by atoms with Gasteiger partial charge in [-0.25, -0.2) is 0 Å². The van der Waals surface area contributed by atoms with Gasteiger partial charge in [0.25, 0.3) is 0 Å². The number of hydrogen-bond donors (Lipinski definition) is 1. The van der Waals surface area contributed by atoms with E-state index in [0.29, 0.717) is 6.42 Å². The topological polar surface area (TPSA) is 29.1 Å². The zero-order valence-electron chi connectivity index (χ0n) is 6.58. The van der Waals surface area contributed by atoms with E-state index in [1.807, 2.05) is 30.6 Å². The summed E-state index contributed by atoms with van der Waals surface area (Å²) in [5, 5.41) is 2.97. The van der Waals surface area contributed by atoms with Crippen LogP contribution in [0.3, 0.4) is 0 Å². The van der Waals surface area contributed by atoms with Crippen LogP contribution in [0.15, 0.2) is 47.9 Å². The minimum atomic E-state index is 0.175. The molecule has 1 heterocycles. The fourth-order valence-corrected chi connectivity index (χ4v) is 1.30. The summed E-state index contributed by atoms with van der Waals surface area (Å²) in [6, 6.07) is 0. The third kappa shape index (κ3) is 1.23. The molecule has 1 N–H and O–H groups in total. The molecular formula is C10H9NO. The van der Waals surface area contributed by atoms with Crippen molar-refractivity contribution in [1.82, 2.24) is 5.32 Å². The predicted octanol–water partition coefficient (Wildman–Crippen LogP) is 1.44. The fourth-order valence-electron chi connectivity index (χ4n) is 1.30. The Bertz CT molecular complexity index is 332. The highest BCUT2D eigenvalue weighted by atomic mass is 16.1. The molecule has 0 spiro atoms. The van der Waals surface area contributed by atoms with Gasteiger partial charge in [-0.3, -0.25) is 4.79 Å². The van der Waals surface area contributed by atoms with Crippen molar-refractivity contribution in [1.29, 1.82) is 0 Å². The van der Waals surface area contributed by atoms with E-state index in [-0.39, 0.29) is 5.78 Å². The van der Waals surface area contributed by atoms with Crippen molar-refractivity contribution in [3.8, 4) is 0 Å². The normalized spacial score (nSPS) is 20.5. The second kappa shape index (κ2) is 2.81. The molecule has 0 fully saturated rings. The lowest BCUT2D eigenvalue weighted by Crippen LogP contribution is -2.00. The second-order valence-electron chi connectivity index (χ2n) is 2.79. The van der Waals surface area contributed by atoms with Crippen LogP contribution >= 0.6 is 0 Å². The summed E-state index contributed by atoms with van der Waals surface area (Å²) in [6.45, 7) is 0. The first-order valence-corrected chi connectivity index (χ1v) is 3.89.